The van der Waals surface area contributed by atoms with Crippen molar-refractivity contribution in [1.82, 2.24) is 19.6 Å². The molecule has 1 aliphatic carbocycles. The number of rotatable bonds is 7. The number of H-pyrrole nitrogens is 1. The summed E-state index contributed by atoms with van der Waals surface area (Å²) in [4.78, 5) is 9.09. The maximum atomic E-state index is 12.1. The summed E-state index contributed by atoms with van der Waals surface area (Å²) >= 11 is 0. The van der Waals surface area contributed by atoms with Gasteiger partial charge in [0.15, 0.2) is 5.03 Å². The molecule has 0 atom stereocenters. The molecule has 2 rings (SSSR count). The topological polar surface area (TPSA) is 78.1 Å². The number of hydrogen-bond donors (Lipinski definition) is 2. The van der Waals surface area contributed by atoms with Crippen molar-refractivity contribution in [2.45, 2.75) is 50.1 Å². The van der Waals surface area contributed by atoms with Crippen molar-refractivity contribution in [3.05, 3.63) is 12.0 Å². The summed E-state index contributed by atoms with van der Waals surface area (Å²) in [6, 6.07) is 0.610. The smallest absolute Gasteiger partial charge is 0.257 e. The first-order valence-corrected chi connectivity index (χ1v) is 8.75. The van der Waals surface area contributed by atoms with E-state index in [1.165, 1.54) is 31.9 Å². The van der Waals surface area contributed by atoms with Gasteiger partial charge in [-0.05, 0) is 19.9 Å². The van der Waals surface area contributed by atoms with Gasteiger partial charge >= 0.3 is 0 Å². The van der Waals surface area contributed by atoms with Crippen LogP contribution in [0.15, 0.2) is 11.2 Å². The first-order chi connectivity index (χ1) is 9.53. The number of aryl methyl sites for hydroxylation is 1. The normalized spacial score (nSPS) is 17.1. The Morgan fingerprint density at radius 3 is 2.75 bits per heavy atom. The fraction of sp³-hybridized carbons (Fsp3) is 0.769. The molecule has 0 spiro atoms. The third-order valence-electron chi connectivity index (χ3n) is 3.93. The summed E-state index contributed by atoms with van der Waals surface area (Å²) in [6.45, 7) is 3.09. The van der Waals surface area contributed by atoms with Gasteiger partial charge in [0.1, 0.15) is 5.82 Å². The van der Waals surface area contributed by atoms with Gasteiger partial charge in [0.2, 0.25) is 0 Å². The van der Waals surface area contributed by atoms with Crippen LogP contribution < -0.4 is 4.72 Å². The number of hydrogen-bond acceptors (Lipinski definition) is 4. The fourth-order valence-electron chi connectivity index (χ4n) is 2.62. The average Bonchev–Trinajstić information content (AvgIpc) is 3.10. The third-order valence-corrected chi connectivity index (χ3v) is 5.30. The van der Waals surface area contributed by atoms with E-state index in [0.717, 1.165) is 6.54 Å². The van der Waals surface area contributed by atoms with Crippen molar-refractivity contribution in [2.75, 3.05) is 20.1 Å². The number of imidazole rings is 1. The van der Waals surface area contributed by atoms with E-state index in [1.54, 1.807) is 0 Å². The van der Waals surface area contributed by atoms with Crippen LogP contribution in [0, 0.1) is 0 Å². The van der Waals surface area contributed by atoms with Crippen LogP contribution >= 0.6 is 0 Å². The van der Waals surface area contributed by atoms with Gasteiger partial charge in [-0.2, -0.15) is 0 Å². The van der Waals surface area contributed by atoms with Crippen LogP contribution in [-0.2, 0) is 16.4 Å². The summed E-state index contributed by atoms with van der Waals surface area (Å²) in [5, 5.41) is 0.151. The van der Waals surface area contributed by atoms with Crippen LogP contribution in [0.5, 0.6) is 0 Å². The Balaban J connectivity index is 1.83. The SMILES string of the molecule is CCc1ncc(S(=O)(=O)NCCN(C)C2CCCC2)[nH]1. The van der Waals surface area contributed by atoms with Gasteiger partial charge in [0.25, 0.3) is 10.0 Å². The highest BCUT2D eigenvalue weighted by Crippen LogP contribution is 2.21. The number of aromatic amines is 1. The second kappa shape index (κ2) is 6.69. The molecular formula is C13H24N4O2S. The van der Waals surface area contributed by atoms with Crippen LogP contribution in [0.4, 0.5) is 0 Å². The zero-order valence-electron chi connectivity index (χ0n) is 12.2. The highest BCUT2D eigenvalue weighted by atomic mass is 32.2. The van der Waals surface area contributed by atoms with Crippen molar-refractivity contribution in [1.29, 1.82) is 0 Å². The molecule has 0 aromatic carbocycles. The fourth-order valence-corrected chi connectivity index (χ4v) is 3.58. The molecule has 1 aromatic heterocycles. The Morgan fingerprint density at radius 2 is 2.15 bits per heavy atom. The van der Waals surface area contributed by atoms with E-state index in [0.29, 0.717) is 24.8 Å². The second-order valence-corrected chi connectivity index (χ2v) is 7.10. The molecule has 0 unspecified atom stereocenters. The molecule has 1 heterocycles. The van der Waals surface area contributed by atoms with Crippen LogP contribution in [0.1, 0.15) is 38.4 Å². The monoisotopic (exact) mass is 300 g/mol. The molecule has 2 N–H and O–H groups in total. The minimum absolute atomic E-state index is 0.151. The number of nitrogens with zero attached hydrogens (tertiary/aromatic N) is 2. The molecule has 0 amide bonds. The Bertz CT molecular complexity index is 520. The lowest BCUT2D eigenvalue weighted by Crippen LogP contribution is -2.37. The molecule has 1 aliphatic rings. The average molecular weight is 300 g/mol. The van der Waals surface area contributed by atoms with Crippen LogP contribution in [0.3, 0.4) is 0 Å². The van der Waals surface area contributed by atoms with Gasteiger partial charge in [-0.1, -0.05) is 19.8 Å². The third kappa shape index (κ3) is 3.80. The van der Waals surface area contributed by atoms with Gasteiger partial charge in [-0.25, -0.2) is 18.1 Å². The molecule has 20 heavy (non-hydrogen) atoms. The maximum absolute atomic E-state index is 12.1. The molecule has 1 saturated carbocycles. The Hall–Kier alpha value is -0.920. The van der Waals surface area contributed by atoms with Gasteiger partial charge < -0.3 is 9.88 Å². The summed E-state index contributed by atoms with van der Waals surface area (Å²) in [5.74, 6) is 0.688. The van der Waals surface area contributed by atoms with Crippen molar-refractivity contribution in [3.8, 4) is 0 Å². The summed E-state index contributed by atoms with van der Waals surface area (Å²) in [6.07, 6.45) is 7.10. The predicted molar refractivity (Wildman–Crippen MR) is 78.0 cm³/mol. The highest BCUT2D eigenvalue weighted by molar-refractivity contribution is 7.89. The van der Waals surface area contributed by atoms with E-state index in [9.17, 15) is 8.42 Å². The summed E-state index contributed by atoms with van der Waals surface area (Å²) in [5.41, 5.74) is 0. The van der Waals surface area contributed by atoms with Crippen molar-refractivity contribution in [2.24, 2.45) is 0 Å². The standard InChI is InChI=1S/C13H24N4O2S/c1-3-12-14-10-13(16-12)20(18,19)15-8-9-17(2)11-6-4-5-7-11/h10-11,15H,3-9H2,1-2H3,(H,14,16). The zero-order chi connectivity index (χ0) is 14.6. The largest absolute Gasteiger partial charge is 0.332 e. The summed E-state index contributed by atoms with van der Waals surface area (Å²) in [7, 11) is -1.40. The van der Waals surface area contributed by atoms with Crippen LogP contribution in [0.2, 0.25) is 0 Å². The van der Waals surface area contributed by atoms with E-state index < -0.39 is 10.0 Å². The van der Waals surface area contributed by atoms with E-state index in [1.807, 2.05) is 6.92 Å². The molecule has 1 fully saturated rings. The maximum Gasteiger partial charge on any atom is 0.257 e. The van der Waals surface area contributed by atoms with Crippen molar-refractivity contribution in [3.63, 3.8) is 0 Å². The molecule has 6 nitrogen and oxygen atoms in total. The number of aromatic nitrogens is 2. The molecule has 0 radical (unpaired) electrons. The number of sulfonamides is 1. The zero-order valence-corrected chi connectivity index (χ0v) is 13.0. The minimum atomic E-state index is -3.46. The van der Waals surface area contributed by atoms with Crippen LogP contribution in [-0.4, -0.2) is 49.5 Å². The van der Waals surface area contributed by atoms with E-state index in [4.69, 9.17) is 0 Å². The van der Waals surface area contributed by atoms with Gasteiger partial charge in [0, 0.05) is 25.6 Å². The van der Waals surface area contributed by atoms with E-state index in [2.05, 4.69) is 26.6 Å². The quantitative estimate of drug-likeness (QED) is 0.791. The van der Waals surface area contributed by atoms with E-state index >= 15 is 0 Å². The first-order valence-electron chi connectivity index (χ1n) is 7.26. The Kier molecular flexibility index (Phi) is 5.17. The lowest BCUT2D eigenvalue weighted by Gasteiger charge is -2.23. The summed E-state index contributed by atoms with van der Waals surface area (Å²) < 4.78 is 26.8. The molecular weight excluding hydrogens is 276 g/mol. The Labute approximate surface area is 121 Å². The van der Waals surface area contributed by atoms with Gasteiger partial charge in [0.05, 0.1) is 6.20 Å². The first kappa shape index (κ1) is 15.5. The molecule has 1 aromatic rings. The lowest BCUT2D eigenvalue weighted by atomic mass is 10.2. The van der Waals surface area contributed by atoms with Crippen molar-refractivity contribution < 1.29 is 8.42 Å². The van der Waals surface area contributed by atoms with E-state index in [-0.39, 0.29) is 5.03 Å². The molecule has 0 aliphatic heterocycles. The molecule has 7 heteroatoms. The minimum Gasteiger partial charge on any atom is -0.332 e. The number of nitrogens with one attached hydrogen (secondary N) is 2. The lowest BCUT2D eigenvalue weighted by molar-refractivity contribution is 0.250. The van der Waals surface area contributed by atoms with Crippen LogP contribution in [0.25, 0.3) is 0 Å². The Morgan fingerprint density at radius 1 is 1.45 bits per heavy atom. The predicted octanol–water partition coefficient (Wildman–Crippen LogP) is 1.12. The van der Waals surface area contributed by atoms with Gasteiger partial charge in [-0.3, -0.25) is 0 Å². The van der Waals surface area contributed by atoms with Crippen molar-refractivity contribution >= 4 is 10.0 Å². The second-order valence-electron chi connectivity index (χ2n) is 5.36. The molecule has 0 bridgehead atoms. The molecule has 0 saturated heterocycles. The number of likely N-dealkylation sites (N-methyl/N-ethyl adjacent to an activating group) is 1. The van der Waals surface area contributed by atoms with Gasteiger partial charge in [-0.15, -0.1) is 0 Å². The highest BCUT2D eigenvalue weighted by Gasteiger charge is 2.20. The molecule has 114 valence electrons.